The van der Waals surface area contributed by atoms with Crippen LogP contribution in [-0.4, -0.2) is 27.7 Å². The fraction of sp³-hybridized carbons (Fsp3) is 0.650. The number of unbranched alkanes of at least 4 members (excludes halogenated alkanes) is 3. The van der Waals surface area contributed by atoms with Gasteiger partial charge in [-0.2, -0.15) is 0 Å². The molecule has 140 valence electrons. The van der Waals surface area contributed by atoms with Crippen molar-refractivity contribution in [2.45, 2.75) is 69.8 Å². The van der Waals surface area contributed by atoms with Crippen LogP contribution in [0.4, 0.5) is 0 Å². The van der Waals surface area contributed by atoms with Crippen LogP contribution in [0.3, 0.4) is 0 Å². The normalized spacial score (nSPS) is 26.5. The van der Waals surface area contributed by atoms with Gasteiger partial charge in [-0.15, -0.1) is 22.9 Å². The molecular weight excluding hydrogens is 356 g/mol. The van der Waals surface area contributed by atoms with E-state index in [1.54, 1.807) is 6.07 Å². The molecule has 0 spiro atoms. The Morgan fingerprint density at radius 1 is 1.36 bits per heavy atom. The van der Waals surface area contributed by atoms with Crippen LogP contribution < -0.4 is 0 Å². The van der Waals surface area contributed by atoms with Crippen molar-refractivity contribution in [1.29, 1.82) is 0 Å². The van der Waals surface area contributed by atoms with Crippen LogP contribution in [0.2, 0.25) is 0 Å². The summed E-state index contributed by atoms with van der Waals surface area (Å²) >= 11 is 7.84. The van der Waals surface area contributed by atoms with E-state index in [0.717, 1.165) is 30.6 Å². The Labute approximate surface area is 159 Å². The second-order valence-electron chi connectivity index (χ2n) is 6.95. The van der Waals surface area contributed by atoms with Gasteiger partial charge >= 0.3 is 5.97 Å². The molecule has 1 aromatic heterocycles. The molecule has 1 heterocycles. The summed E-state index contributed by atoms with van der Waals surface area (Å²) in [7, 11) is 0. The average Bonchev–Trinajstić information content (AvgIpc) is 3.14. The zero-order chi connectivity index (χ0) is 18.2. The van der Waals surface area contributed by atoms with E-state index in [-0.39, 0.29) is 17.4 Å². The van der Waals surface area contributed by atoms with Crippen LogP contribution in [0.15, 0.2) is 24.3 Å². The summed E-state index contributed by atoms with van der Waals surface area (Å²) < 4.78 is 0. The van der Waals surface area contributed by atoms with Gasteiger partial charge in [0.15, 0.2) is 0 Å². The smallest absolute Gasteiger partial charge is 0.345 e. The van der Waals surface area contributed by atoms with Crippen molar-refractivity contribution in [2.75, 3.05) is 0 Å². The third-order valence-corrected chi connectivity index (χ3v) is 6.67. The highest BCUT2D eigenvalue weighted by Crippen LogP contribution is 2.40. The lowest BCUT2D eigenvalue weighted by atomic mass is 9.89. The average molecular weight is 385 g/mol. The number of aliphatic hydroxyl groups is 1. The van der Waals surface area contributed by atoms with E-state index in [2.05, 4.69) is 19.1 Å². The number of aromatic carboxylic acids is 1. The van der Waals surface area contributed by atoms with Gasteiger partial charge in [-0.1, -0.05) is 31.9 Å². The maximum absolute atomic E-state index is 10.9. The zero-order valence-electron chi connectivity index (χ0n) is 14.9. The predicted octanol–water partition coefficient (Wildman–Crippen LogP) is 5.51. The van der Waals surface area contributed by atoms with Crippen LogP contribution in [0.1, 0.15) is 66.4 Å². The van der Waals surface area contributed by atoms with Gasteiger partial charge in [0.2, 0.25) is 0 Å². The Morgan fingerprint density at radius 3 is 2.84 bits per heavy atom. The number of carbonyl (C=O) groups is 1. The molecule has 1 saturated carbocycles. The first-order valence-corrected chi connectivity index (χ1v) is 10.6. The quantitative estimate of drug-likeness (QED) is 0.317. The molecule has 5 heteroatoms. The van der Waals surface area contributed by atoms with Gasteiger partial charge in [-0.25, -0.2) is 4.79 Å². The van der Waals surface area contributed by atoms with Gasteiger partial charge in [0.1, 0.15) is 4.88 Å². The van der Waals surface area contributed by atoms with Crippen LogP contribution >= 0.6 is 22.9 Å². The Bertz CT molecular complexity index is 569. The van der Waals surface area contributed by atoms with E-state index < -0.39 is 5.97 Å². The van der Waals surface area contributed by atoms with Gasteiger partial charge in [-0.05, 0) is 56.6 Å². The summed E-state index contributed by atoms with van der Waals surface area (Å²) in [5.41, 5.74) is 0. The van der Waals surface area contributed by atoms with Crippen LogP contribution in [-0.2, 0) is 6.42 Å². The fourth-order valence-electron chi connectivity index (χ4n) is 3.64. The molecule has 0 unspecified atom stereocenters. The summed E-state index contributed by atoms with van der Waals surface area (Å²) in [6, 6.07) is 3.58. The molecule has 4 atom stereocenters. The molecule has 0 amide bonds. The number of hydrogen-bond acceptors (Lipinski definition) is 3. The van der Waals surface area contributed by atoms with Gasteiger partial charge in [0.25, 0.3) is 0 Å². The first kappa shape index (κ1) is 20.5. The molecule has 2 N–H and O–H groups in total. The molecular formula is C20H29ClO3S. The van der Waals surface area contributed by atoms with Gasteiger partial charge < -0.3 is 10.2 Å². The minimum Gasteiger partial charge on any atom is -0.477 e. The van der Waals surface area contributed by atoms with Crippen LogP contribution in [0.25, 0.3) is 0 Å². The molecule has 0 aliphatic heterocycles. The highest BCUT2D eigenvalue weighted by molar-refractivity contribution is 7.13. The predicted molar refractivity (Wildman–Crippen MR) is 105 cm³/mol. The number of alkyl halides is 1. The summed E-state index contributed by atoms with van der Waals surface area (Å²) in [5.74, 6) is -0.399. The highest BCUT2D eigenvalue weighted by atomic mass is 35.5. The van der Waals surface area contributed by atoms with E-state index in [0.29, 0.717) is 17.2 Å². The lowest BCUT2D eigenvalue weighted by Gasteiger charge is -2.20. The maximum atomic E-state index is 10.9. The Morgan fingerprint density at radius 2 is 2.16 bits per heavy atom. The van der Waals surface area contributed by atoms with Crippen molar-refractivity contribution >= 4 is 28.9 Å². The van der Waals surface area contributed by atoms with Crippen LogP contribution in [0, 0.1) is 11.8 Å². The number of hydrogen-bond donors (Lipinski definition) is 2. The minimum absolute atomic E-state index is 0.0261. The number of rotatable bonds is 10. The molecule has 1 aromatic rings. The van der Waals surface area contributed by atoms with Gasteiger partial charge in [-0.3, -0.25) is 0 Å². The lowest BCUT2D eigenvalue weighted by molar-refractivity contribution is 0.0702. The summed E-state index contributed by atoms with van der Waals surface area (Å²) in [5, 5.41) is 19.3. The van der Waals surface area contributed by atoms with Crippen LogP contribution in [0.5, 0.6) is 0 Å². The lowest BCUT2D eigenvalue weighted by Crippen LogP contribution is -2.18. The number of carboxylic acids is 1. The Hall–Kier alpha value is -0.840. The number of aryl methyl sites for hydroxylation is 1. The highest BCUT2D eigenvalue weighted by Gasteiger charge is 2.39. The van der Waals surface area contributed by atoms with Crippen molar-refractivity contribution in [2.24, 2.45) is 11.8 Å². The largest absolute Gasteiger partial charge is 0.477 e. The standard InChI is InChI=1S/C20H29ClO3S/c1-2-3-4-5-6-9-16-15(17(21)13-18(16)22)10-7-8-14-11-12-19(25-14)20(23)24/h6,9,11-12,15-18,22H,2-5,7-8,10,13H2,1H3,(H,23,24)/t15-,16-,17-,18-/m1/s1. The Kier molecular flexibility index (Phi) is 8.47. The molecule has 0 saturated heterocycles. The van der Waals surface area contributed by atoms with Gasteiger partial charge in [0.05, 0.1) is 6.10 Å². The molecule has 3 nitrogen and oxygen atoms in total. The fourth-order valence-corrected chi connectivity index (χ4v) is 5.00. The molecule has 2 rings (SSSR count). The zero-order valence-corrected chi connectivity index (χ0v) is 16.4. The second kappa shape index (κ2) is 10.3. The third kappa shape index (κ3) is 6.12. The van der Waals surface area contributed by atoms with Crippen molar-refractivity contribution in [3.05, 3.63) is 34.0 Å². The molecule has 0 aromatic carbocycles. The number of allylic oxidation sites excluding steroid dienone is 1. The third-order valence-electron chi connectivity index (χ3n) is 5.04. The monoisotopic (exact) mass is 384 g/mol. The van der Waals surface area contributed by atoms with E-state index in [4.69, 9.17) is 16.7 Å². The number of aliphatic hydroxyl groups excluding tert-OH is 1. The first-order valence-electron chi connectivity index (χ1n) is 9.33. The summed E-state index contributed by atoms with van der Waals surface area (Å²) in [4.78, 5) is 12.4. The van der Waals surface area contributed by atoms with Crippen molar-refractivity contribution in [3.63, 3.8) is 0 Å². The van der Waals surface area contributed by atoms with Crippen molar-refractivity contribution < 1.29 is 15.0 Å². The second-order valence-corrected chi connectivity index (χ2v) is 8.68. The maximum Gasteiger partial charge on any atom is 0.345 e. The number of halogens is 1. The van der Waals surface area contributed by atoms with E-state index >= 15 is 0 Å². The summed E-state index contributed by atoms with van der Waals surface area (Å²) in [6.45, 7) is 2.20. The Balaban J connectivity index is 1.83. The number of carboxylic acid groups (broad SMARTS) is 1. The number of thiophene rings is 1. The molecule has 1 fully saturated rings. The molecule has 25 heavy (non-hydrogen) atoms. The molecule has 1 aliphatic carbocycles. The molecule has 0 bridgehead atoms. The van der Waals surface area contributed by atoms with E-state index in [1.807, 2.05) is 6.07 Å². The van der Waals surface area contributed by atoms with E-state index in [1.165, 1.54) is 30.6 Å². The molecule has 1 aliphatic rings. The van der Waals surface area contributed by atoms with E-state index in [9.17, 15) is 9.90 Å². The molecule has 0 radical (unpaired) electrons. The summed E-state index contributed by atoms with van der Waals surface area (Å²) in [6.07, 6.45) is 12.3. The topological polar surface area (TPSA) is 57.5 Å². The minimum atomic E-state index is -0.857. The van der Waals surface area contributed by atoms with Crippen molar-refractivity contribution in [3.8, 4) is 0 Å². The SMILES string of the molecule is CCCCCC=C[C@@H]1[C@@H](CCCc2ccc(C(=O)O)s2)[C@H](Cl)C[C@H]1O. The van der Waals surface area contributed by atoms with Crippen molar-refractivity contribution in [1.82, 2.24) is 0 Å². The first-order chi connectivity index (χ1) is 12.0. The van der Waals surface area contributed by atoms with Gasteiger partial charge in [0, 0.05) is 16.2 Å².